The fourth-order valence-corrected chi connectivity index (χ4v) is 3.66. The highest BCUT2D eigenvalue weighted by Gasteiger charge is 2.18. The molecule has 28 heavy (non-hydrogen) atoms. The van der Waals surface area contributed by atoms with Crippen molar-refractivity contribution < 1.29 is 22.0 Å². The number of benzene rings is 3. The summed E-state index contributed by atoms with van der Waals surface area (Å²) in [5.74, 6) is -2.16. The molecule has 0 saturated heterocycles. The number of hydrogen-bond donors (Lipinski definition) is 2. The second-order valence-electron chi connectivity index (χ2n) is 6.03. The highest BCUT2D eigenvalue weighted by Crippen LogP contribution is 2.24. The lowest BCUT2D eigenvalue weighted by molar-refractivity contribution is 0.102. The molecule has 0 atom stereocenters. The Balaban J connectivity index is 1.82. The van der Waals surface area contributed by atoms with E-state index in [4.69, 9.17) is 0 Å². The smallest absolute Gasteiger partial charge is 0.261 e. The molecule has 0 aliphatic heterocycles. The highest BCUT2D eigenvalue weighted by atomic mass is 32.2. The Morgan fingerprint density at radius 3 is 2.21 bits per heavy atom. The first-order valence-corrected chi connectivity index (χ1v) is 9.69. The Morgan fingerprint density at radius 2 is 1.57 bits per heavy atom. The number of sulfonamides is 1. The lowest BCUT2D eigenvalue weighted by Gasteiger charge is -2.12. The van der Waals surface area contributed by atoms with Crippen molar-refractivity contribution in [2.45, 2.75) is 11.8 Å². The van der Waals surface area contributed by atoms with Gasteiger partial charge in [-0.05, 0) is 55.0 Å². The molecule has 0 saturated carbocycles. The maximum Gasteiger partial charge on any atom is 0.261 e. The number of nitrogens with one attached hydrogen (secondary N) is 2. The van der Waals surface area contributed by atoms with Gasteiger partial charge >= 0.3 is 0 Å². The zero-order valence-electron chi connectivity index (χ0n) is 14.7. The zero-order valence-corrected chi connectivity index (χ0v) is 15.6. The topological polar surface area (TPSA) is 75.3 Å². The molecule has 0 bridgehead atoms. The van der Waals surface area contributed by atoms with Gasteiger partial charge < -0.3 is 5.32 Å². The number of amides is 1. The number of aryl methyl sites for hydroxylation is 1. The van der Waals surface area contributed by atoms with Crippen LogP contribution in [-0.2, 0) is 10.0 Å². The molecule has 0 radical (unpaired) electrons. The summed E-state index contributed by atoms with van der Waals surface area (Å²) in [6, 6.07) is 15.2. The van der Waals surface area contributed by atoms with Gasteiger partial charge in [-0.3, -0.25) is 9.52 Å². The number of rotatable bonds is 5. The van der Waals surface area contributed by atoms with Gasteiger partial charge in [-0.25, -0.2) is 17.2 Å². The van der Waals surface area contributed by atoms with Crippen LogP contribution in [-0.4, -0.2) is 14.3 Å². The second-order valence-corrected chi connectivity index (χ2v) is 7.71. The van der Waals surface area contributed by atoms with Crippen LogP contribution in [0.25, 0.3) is 0 Å². The summed E-state index contributed by atoms with van der Waals surface area (Å²) < 4.78 is 53.8. The van der Waals surface area contributed by atoms with Gasteiger partial charge in [0.05, 0.1) is 10.6 Å². The van der Waals surface area contributed by atoms with E-state index in [9.17, 15) is 22.0 Å². The molecule has 3 aromatic carbocycles. The highest BCUT2D eigenvalue weighted by molar-refractivity contribution is 7.92. The molecule has 0 unspecified atom stereocenters. The van der Waals surface area contributed by atoms with Crippen molar-refractivity contribution in [3.8, 4) is 0 Å². The van der Waals surface area contributed by atoms with Gasteiger partial charge in [0, 0.05) is 17.3 Å². The number of carbonyl (C=O) groups is 1. The molecule has 3 rings (SSSR count). The molecular weight excluding hydrogens is 386 g/mol. The van der Waals surface area contributed by atoms with Gasteiger partial charge in [0.1, 0.15) is 11.6 Å². The Bertz CT molecular complexity index is 1130. The normalized spacial score (nSPS) is 11.1. The summed E-state index contributed by atoms with van der Waals surface area (Å²) in [5.41, 5.74) is 1.06. The maximum atomic E-state index is 13.7. The van der Waals surface area contributed by atoms with Crippen LogP contribution in [0.2, 0.25) is 0 Å². The Kier molecular flexibility index (Phi) is 5.41. The molecule has 2 N–H and O–H groups in total. The maximum absolute atomic E-state index is 13.7. The molecule has 8 heteroatoms. The van der Waals surface area contributed by atoms with E-state index >= 15 is 0 Å². The van der Waals surface area contributed by atoms with Gasteiger partial charge in [0.15, 0.2) is 0 Å². The first kappa shape index (κ1) is 19.5. The third-order valence-electron chi connectivity index (χ3n) is 3.97. The fraction of sp³-hybridized carbons (Fsp3) is 0.0500. The first-order valence-electron chi connectivity index (χ1n) is 8.21. The average Bonchev–Trinajstić information content (AvgIpc) is 2.66. The summed E-state index contributed by atoms with van der Waals surface area (Å²) in [6.45, 7) is 1.64. The molecule has 5 nitrogen and oxygen atoms in total. The number of halogens is 2. The van der Waals surface area contributed by atoms with E-state index in [0.717, 1.165) is 12.1 Å². The van der Waals surface area contributed by atoms with E-state index in [1.165, 1.54) is 18.2 Å². The number of anilines is 2. The van der Waals surface area contributed by atoms with Crippen molar-refractivity contribution in [2.75, 3.05) is 10.0 Å². The monoisotopic (exact) mass is 402 g/mol. The summed E-state index contributed by atoms with van der Waals surface area (Å²) >= 11 is 0. The van der Waals surface area contributed by atoms with Crippen LogP contribution < -0.4 is 10.0 Å². The summed E-state index contributed by atoms with van der Waals surface area (Å²) in [4.78, 5) is 12.1. The Morgan fingerprint density at radius 1 is 0.893 bits per heavy atom. The zero-order chi connectivity index (χ0) is 20.3. The van der Waals surface area contributed by atoms with Gasteiger partial charge in [-0.15, -0.1) is 0 Å². The fourth-order valence-electron chi connectivity index (χ4n) is 2.50. The number of hydrogen-bond acceptors (Lipinski definition) is 3. The molecule has 0 fully saturated rings. The van der Waals surface area contributed by atoms with Crippen LogP contribution in [0.3, 0.4) is 0 Å². The molecule has 144 valence electrons. The van der Waals surface area contributed by atoms with Crippen molar-refractivity contribution in [1.82, 2.24) is 0 Å². The van der Waals surface area contributed by atoms with Crippen LogP contribution in [0.1, 0.15) is 15.9 Å². The molecule has 0 aromatic heterocycles. The molecule has 3 aromatic rings. The Labute approximate surface area is 161 Å². The van der Waals surface area contributed by atoms with E-state index in [1.807, 2.05) is 0 Å². The van der Waals surface area contributed by atoms with E-state index in [1.54, 1.807) is 37.3 Å². The van der Waals surface area contributed by atoms with E-state index in [-0.39, 0.29) is 16.5 Å². The van der Waals surface area contributed by atoms with Crippen LogP contribution in [0.15, 0.2) is 71.6 Å². The molecule has 1 amide bonds. The predicted octanol–water partition coefficient (Wildman–Crippen LogP) is 4.33. The molecule has 0 spiro atoms. The minimum Gasteiger partial charge on any atom is -0.322 e. The standard InChI is InChI=1S/C20H16F2N2O3S/c1-13-11-16(28(26,27)24-19-9-7-15(21)12-17(19)22)8-10-18(13)23-20(25)14-5-3-2-4-6-14/h2-12,24H,1H3,(H,23,25). The quantitative estimate of drug-likeness (QED) is 0.667. The summed E-state index contributed by atoms with van der Waals surface area (Å²) in [7, 11) is -4.09. The molecule has 0 aliphatic carbocycles. The molecule has 0 heterocycles. The third kappa shape index (κ3) is 4.34. The Hall–Kier alpha value is -3.26. The van der Waals surface area contributed by atoms with E-state index < -0.39 is 21.7 Å². The van der Waals surface area contributed by atoms with Crippen LogP contribution in [0.4, 0.5) is 20.2 Å². The molecular formula is C20H16F2N2O3S. The van der Waals surface area contributed by atoms with Crippen molar-refractivity contribution in [2.24, 2.45) is 0 Å². The minimum absolute atomic E-state index is 0.119. The van der Waals surface area contributed by atoms with Gasteiger partial charge in [-0.2, -0.15) is 0 Å². The average molecular weight is 402 g/mol. The lowest BCUT2D eigenvalue weighted by Crippen LogP contribution is -2.16. The third-order valence-corrected chi connectivity index (χ3v) is 5.33. The first-order chi connectivity index (χ1) is 13.3. The van der Waals surface area contributed by atoms with Gasteiger partial charge in [-0.1, -0.05) is 18.2 Å². The summed E-state index contributed by atoms with van der Waals surface area (Å²) in [5, 5.41) is 2.71. The lowest BCUT2D eigenvalue weighted by atomic mass is 10.1. The molecule has 0 aliphatic rings. The van der Waals surface area contributed by atoms with Gasteiger partial charge in [0.2, 0.25) is 0 Å². The van der Waals surface area contributed by atoms with Crippen LogP contribution in [0.5, 0.6) is 0 Å². The second kappa shape index (κ2) is 7.77. The van der Waals surface area contributed by atoms with Crippen LogP contribution in [0, 0.1) is 18.6 Å². The van der Waals surface area contributed by atoms with Crippen molar-refractivity contribution >= 4 is 27.3 Å². The van der Waals surface area contributed by atoms with Crippen LogP contribution >= 0.6 is 0 Å². The van der Waals surface area contributed by atoms with Crippen molar-refractivity contribution in [1.29, 1.82) is 0 Å². The summed E-state index contributed by atoms with van der Waals surface area (Å²) in [6.07, 6.45) is 0. The SMILES string of the molecule is Cc1cc(S(=O)(=O)Nc2ccc(F)cc2F)ccc1NC(=O)c1ccccc1. The largest absolute Gasteiger partial charge is 0.322 e. The minimum atomic E-state index is -4.09. The van der Waals surface area contributed by atoms with E-state index in [0.29, 0.717) is 22.9 Å². The van der Waals surface area contributed by atoms with Crippen molar-refractivity contribution in [3.63, 3.8) is 0 Å². The van der Waals surface area contributed by atoms with E-state index in [2.05, 4.69) is 10.0 Å². The number of carbonyl (C=O) groups excluding carboxylic acids is 1. The van der Waals surface area contributed by atoms with Gasteiger partial charge in [0.25, 0.3) is 15.9 Å². The predicted molar refractivity (Wildman–Crippen MR) is 103 cm³/mol. The van der Waals surface area contributed by atoms with Crippen molar-refractivity contribution in [3.05, 3.63) is 89.5 Å².